The van der Waals surface area contributed by atoms with Gasteiger partial charge in [0.25, 0.3) is 0 Å². The Labute approximate surface area is 132 Å². The molecule has 1 N–H and O–H groups in total. The molecule has 1 aliphatic rings. The molecular formula is C17H28N2O3. The van der Waals surface area contributed by atoms with Crippen molar-refractivity contribution in [3.63, 3.8) is 0 Å². The standard InChI is InChI=1S/C17H28N2O3/c1-16(2,3)15-11-13(19-22-15)10-14(20)17(4,5)18-12-6-8-21-9-7-12/h11-12,18H,6-10H2,1-5H3. The van der Waals surface area contributed by atoms with Crippen LogP contribution in [0.4, 0.5) is 0 Å². The molecule has 0 aliphatic carbocycles. The Kier molecular flexibility index (Phi) is 5.07. The highest BCUT2D eigenvalue weighted by molar-refractivity contribution is 5.89. The Balaban J connectivity index is 1.96. The molecule has 1 aromatic rings. The van der Waals surface area contributed by atoms with Crippen LogP contribution in [-0.4, -0.2) is 35.7 Å². The van der Waals surface area contributed by atoms with Crippen LogP contribution >= 0.6 is 0 Å². The van der Waals surface area contributed by atoms with E-state index in [1.807, 2.05) is 19.9 Å². The van der Waals surface area contributed by atoms with Gasteiger partial charge >= 0.3 is 0 Å². The second-order valence-corrected chi connectivity index (χ2v) is 7.69. The lowest BCUT2D eigenvalue weighted by Gasteiger charge is -2.32. The molecule has 1 aliphatic heterocycles. The van der Waals surface area contributed by atoms with Crippen LogP contribution < -0.4 is 5.32 Å². The summed E-state index contributed by atoms with van der Waals surface area (Å²) in [6, 6.07) is 2.23. The Bertz CT molecular complexity index is 508. The summed E-state index contributed by atoms with van der Waals surface area (Å²) in [5, 5.41) is 7.50. The quantitative estimate of drug-likeness (QED) is 0.906. The minimum atomic E-state index is -0.567. The molecule has 1 fully saturated rings. The first kappa shape index (κ1) is 17.2. The third-order valence-electron chi connectivity index (χ3n) is 4.12. The van der Waals surface area contributed by atoms with Crippen LogP contribution in [0.15, 0.2) is 10.6 Å². The maximum atomic E-state index is 12.6. The van der Waals surface area contributed by atoms with E-state index >= 15 is 0 Å². The summed E-state index contributed by atoms with van der Waals surface area (Å²) in [5.41, 5.74) is 0.0456. The van der Waals surface area contributed by atoms with Gasteiger partial charge < -0.3 is 14.6 Å². The minimum absolute atomic E-state index is 0.0931. The van der Waals surface area contributed by atoms with Crippen LogP contribution in [0.3, 0.4) is 0 Å². The highest BCUT2D eigenvalue weighted by Gasteiger charge is 2.31. The van der Waals surface area contributed by atoms with E-state index in [0.717, 1.165) is 31.8 Å². The molecule has 22 heavy (non-hydrogen) atoms. The number of carbonyl (C=O) groups is 1. The highest BCUT2D eigenvalue weighted by Crippen LogP contribution is 2.23. The highest BCUT2D eigenvalue weighted by atomic mass is 16.5. The van der Waals surface area contributed by atoms with Crippen molar-refractivity contribution in [3.8, 4) is 0 Å². The van der Waals surface area contributed by atoms with Gasteiger partial charge in [-0.15, -0.1) is 0 Å². The summed E-state index contributed by atoms with van der Waals surface area (Å²) in [4.78, 5) is 12.6. The number of nitrogens with zero attached hydrogens (tertiary/aromatic N) is 1. The van der Waals surface area contributed by atoms with Crippen LogP contribution in [0.5, 0.6) is 0 Å². The Morgan fingerprint density at radius 2 is 1.91 bits per heavy atom. The zero-order valence-electron chi connectivity index (χ0n) is 14.4. The predicted octanol–water partition coefficient (Wildman–Crippen LogP) is 2.63. The summed E-state index contributed by atoms with van der Waals surface area (Å²) in [6.07, 6.45) is 2.20. The van der Waals surface area contributed by atoms with Gasteiger partial charge in [-0.2, -0.15) is 0 Å². The van der Waals surface area contributed by atoms with Gasteiger partial charge in [-0.25, -0.2) is 0 Å². The number of aromatic nitrogens is 1. The number of hydrogen-bond acceptors (Lipinski definition) is 5. The maximum absolute atomic E-state index is 12.6. The second kappa shape index (κ2) is 6.50. The second-order valence-electron chi connectivity index (χ2n) is 7.69. The summed E-state index contributed by atoms with van der Waals surface area (Å²) in [6.45, 7) is 11.6. The van der Waals surface area contributed by atoms with Gasteiger partial charge in [-0.1, -0.05) is 25.9 Å². The molecule has 0 spiro atoms. The van der Waals surface area contributed by atoms with Crippen molar-refractivity contribution in [2.45, 2.75) is 70.9 Å². The predicted molar refractivity (Wildman–Crippen MR) is 85.0 cm³/mol. The third-order valence-corrected chi connectivity index (χ3v) is 4.12. The molecule has 0 aromatic carbocycles. The van der Waals surface area contributed by atoms with Gasteiger partial charge in [0.1, 0.15) is 5.76 Å². The van der Waals surface area contributed by atoms with E-state index in [4.69, 9.17) is 9.26 Å². The molecule has 0 atom stereocenters. The first-order valence-electron chi connectivity index (χ1n) is 8.03. The van der Waals surface area contributed by atoms with Crippen molar-refractivity contribution in [2.75, 3.05) is 13.2 Å². The van der Waals surface area contributed by atoms with Gasteiger partial charge in [0.05, 0.1) is 17.7 Å². The number of ketones is 1. The van der Waals surface area contributed by atoms with Gasteiger partial charge in [-0.3, -0.25) is 4.79 Å². The number of hydrogen-bond donors (Lipinski definition) is 1. The van der Waals surface area contributed by atoms with Gasteiger partial charge in [-0.05, 0) is 26.7 Å². The van der Waals surface area contributed by atoms with Crippen LogP contribution in [0, 0.1) is 0 Å². The van der Waals surface area contributed by atoms with E-state index in [9.17, 15) is 4.79 Å². The van der Waals surface area contributed by atoms with Crippen LogP contribution in [-0.2, 0) is 21.4 Å². The fourth-order valence-corrected chi connectivity index (χ4v) is 2.57. The van der Waals surface area contributed by atoms with Gasteiger partial charge in [0, 0.05) is 30.7 Å². The zero-order chi connectivity index (χ0) is 16.4. The number of ether oxygens (including phenoxy) is 1. The summed E-state index contributed by atoms with van der Waals surface area (Å²) in [7, 11) is 0. The van der Waals surface area contributed by atoms with Crippen LogP contribution in [0.25, 0.3) is 0 Å². The molecule has 0 unspecified atom stereocenters. The Hall–Kier alpha value is -1.20. The van der Waals surface area contributed by atoms with Crippen molar-refractivity contribution < 1.29 is 14.1 Å². The third kappa shape index (κ3) is 4.40. The molecule has 0 saturated carbocycles. The normalized spacial score (nSPS) is 17.7. The molecule has 5 nitrogen and oxygen atoms in total. The van der Waals surface area contributed by atoms with E-state index in [2.05, 4.69) is 31.2 Å². The van der Waals surface area contributed by atoms with Crippen LogP contribution in [0.2, 0.25) is 0 Å². The smallest absolute Gasteiger partial charge is 0.158 e. The monoisotopic (exact) mass is 308 g/mol. The van der Waals surface area contributed by atoms with E-state index in [1.165, 1.54) is 0 Å². The average Bonchev–Trinajstić information content (AvgIpc) is 2.88. The Morgan fingerprint density at radius 3 is 2.45 bits per heavy atom. The molecule has 2 rings (SSSR count). The lowest BCUT2D eigenvalue weighted by molar-refractivity contribution is -0.124. The molecule has 124 valence electrons. The van der Waals surface area contributed by atoms with Crippen molar-refractivity contribution in [2.24, 2.45) is 0 Å². The molecule has 2 heterocycles. The fourth-order valence-electron chi connectivity index (χ4n) is 2.57. The lowest BCUT2D eigenvalue weighted by Crippen LogP contribution is -2.53. The maximum Gasteiger partial charge on any atom is 0.158 e. The summed E-state index contributed by atoms with van der Waals surface area (Å²) in [5.74, 6) is 0.943. The van der Waals surface area contributed by atoms with E-state index in [1.54, 1.807) is 0 Å². The van der Waals surface area contributed by atoms with Crippen molar-refractivity contribution in [1.29, 1.82) is 0 Å². The fraction of sp³-hybridized carbons (Fsp3) is 0.765. The van der Waals surface area contributed by atoms with Crippen molar-refractivity contribution >= 4 is 5.78 Å². The lowest BCUT2D eigenvalue weighted by atomic mass is 9.91. The van der Waals surface area contributed by atoms with E-state index in [-0.39, 0.29) is 11.2 Å². The number of nitrogens with one attached hydrogen (secondary N) is 1. The number of carbonyl (C=O) groups excluding carboxylic acids is 1. The van der Waals surface area contributed by atoms with Crippen molar-refractivity contribution in [1.82, 2.24) is 10.5 Å². The number of rotatable bonds is 5. The van der Waals surface area contributed by atoms with E-state index < -0.39 is 5.54 Å². The minimum Gasteiger partial charge on any atom is -0.381 e. The molecule has 5 heteroatoms. The van der Waals surface area contributed by atoms with E-state index in [0.29, 0.717) is 18.2 Å². The molecule has 0 amide bonds. The largest absolute Gasteiger partial charge is 0.381 e. The first-order chi connectivity index (χ1) is 10.2. The molecule has 1 aromatic heterocycles. The molecule has 0 bridgehead atoms. The SMILES string of the molecule is CC(C)(NC1CCOCC1)C(=O)Cc1cc(C(C)(C)C)on1. The Morgan fingerprint density at radius 1 is 1.27 bits per heavy atom. The van der Waals surface area contributed by atoms with Gasteiger partial charge in [0.2, 0.25) is 0 Å². The zero-order valence-corrected chi connectivity index (χ0v) is 14.4. The summed E-state index contributed by atoms with van der Waals surface area (Å²) >= 11 is 0. The first-order valence-corrected chi connectivity index (χ1v) is 8.03. The van der Waals surface area contributed by atoms with Gasteiger partial charge in [0.15, 0.2) is 5.78 Å². The van der Waals surface area contributed by atoms with Crippen molar-refractivity contribution in [3.05, 3.63) is 17.5 Å². The molecule has 1 saturated heterocycles. The average molecular weight is 308 g/mol. The number of Topliss-reactive ketones (excluding diaryl/α,β-unsaturated/α-hetero) is 1. The van der Waals surface area contributed by atoms with Crippen LogP contribution in [0.1, 0.15) is 58.9 Å². The topological polar surface area (TPSA) is 64.4 Å². The molecular weight excluding hydrogens is 280 g/mol. The summed E-state index contributed by atoms with van der Waals surface area (Å²) < 4.78 is 10.7. The molecule has 0 radical (unpaired) electrons.